The average Bonchev–Trinajstić information content (AvgIpc) is 2.84. The summed E-state index contributed by atoms with van der Waals surface area (Å²) in [5.74, 6) is 0.364. The van der Waals surface area contributed by atoms with Gasteiger partial charge in [0, 0.05) is 26.2 Å². The number of nitrogens with zero attached hydrogens (tertiary/aromatic N) is 1. The van der Waals surface area contributed by atoms with Gasteiger partial charge in [0.1, 0.15) is 0 Å². The molecular weight excluding hydrogens is 232 g/mol. The minimum absolute atomic E-state index is 0.227. The van der Waals surface area contributed by atoms with Crippen LogP contribution in [-0.2, 0) is 9.47 Å². The van der Waals surface area contributed by atoms with E-state index in [0.717, 1.165) is 13.0 Å². The highest BCUT2D eigenvalue weighted by molar-refractivity contribution is 5.67. The van der Waals surface area contributed by atoms with Crippen molar-refractivity contribution in [1.29, 1.82) is 0 Å². The maximum Gasteiger partial charge on any atom is 0.409 e. The highest BCUT2D eigenvalue weighted by Gasteiger charge is 2.22. The molecule has 106 valence electrons. The first-order valence-electron chi connectivity index (χ1n) is 6.77. The molecule has 1 rings (SSSR count). The molecule has 1 unspecified atom stereocenters. The zero-order valence-electron chi connectivity index (χ0n) is 11.8. The van der Waals surface area contributed by atoms with Crippen LogP contribution >= 0.6 is 0 Å². The maximum absolute atomic E-state index is 12.0. The number of hydrogen-bond donors (Lipinski definition) is 1. The number of ether oxygens (including phenoxy) is 2. The molecule has 1 fully saturated rings. The average molecular weight is 258 g/mol. The van der Waals surface area contributed by atoms with Crippen LogP contribution in [0, 0.1) is 5.92 Å². The smallest absolute Gasteiger partial charge is 0.409 e. The van der Waals surface area contributed by atoms with Gasteiger partial charge in [0.15, 0.2) is 0 Å². The van der Waals surface area contributed by atoms with E-state index in [-0.39, 0.29) is 6.09 Å². The van der Waals surface area contributed by atoms with Crippen molar-refractivity contribution >= 4 is 6.09 Å². The molecule has 0 aromatic carbocycles. The van der Waals surface area contributed by atoms with Gasteiger partial charge in [-0.05, 0) is 25.3 Å². The molecule has 1 N–H and O–H groups in total. The molecule has 1 heterocycles. The van der Waals surface area contributed by atoms with E-state index in [1.165, 1.54) is 6.42 Å². The van der Waals surface area contributed by atoms with E-state index in [9.17, 15) is 4.79 Å². The molecule has 1 aliphatic rings. The Hall–Kier alpha value is -0.810. The highest BCUT2D eigenvalue weighted by Crippen LogP contribution is 2.08. The Kier molecular flexibility index (Phi) is 7.05. The number of methoxy groups -OCH3 is 1. The van der Waals surface area contributed by atoms with Gasteiger partial charge in [-0.15, -0.1) is 0 Å². The second-order valence-electron chi connectivity index (χ2n) is 5.20. The summed E-state index contributed by atoms with van der Waals surface area (Å²) < 4.78 is 10.3. The fourth-order valence-corrected chi connectivity index (χ4v) is 1.97. The lowest BCUT2D eigenvalue weighted by atomic mass is 10.2. The van der Waals surface area contributed by atoms with Crippen LogP contribution in [0.25, 0.3) is 0 Å². The number of hydrogen-bond acceptors (Lipinski definition) is 4. The summed E-state index contributed by atoms with van der Waals surface area (Å²) in [6, 6.07) is 0.397. The van der Waals surface area contributed by atoms with Gasteiger partial charge in [-0.2, -0.15) is 0 Å². The van der Waals surface area contributed by atoms with E-state index < -0.39 is 0 Å². The fourth-order valence-electron chi connectivity index (χ4n) is 1.97. The van der Waals surface area contributed by atoms with Crippen molar-refractivity contribution in [2.75, 3.05) is 40.0 Å². The molecule has 18 heavy (non-hydrogen) atoms. The molecule has 5 heteroatoms. The minimum Gasteiger partial charge on any atom is -0.449 e. The molecule has 0 saturated carbocycles. The molecule has 0 radical (unpaired) electrons. The van der Waals surface area contributed by atoms with Gasteiger partial charge in [-0.25, -0.2) is 4.79 Å². The Labute approximate surface area is 110 Å². The van der Waals surface area contributed by atoms with Crippen LogP contribution in [-0.4, -0.2) is 57.0 Å². The molecule has 1 aliphatic heterocycles. The van der Waals surface area contributed by atoms with Gasteiger partial charge >= 0.3 is 6.09 Å². The SMILES string of the molecule is COCCN(CC1CCCN1)C(=O)OCC(C)C. The zero-order valence-corrected chi connectivity index (χ0v) is 11.8. The van der Waals surface area contributed by atoms with Gasteiger partial charge in [0.2, 0.25) is 0 Å². The standard InChI is InChI=1S/C13H26N2O3/c1-11(2)10-18-13(16)15(7-8-17-3)9-12-5-4-6-14-12/h11-12,14H,4-10H2,1-3H3. The molecule has 1 saturated heterocycles. The first-order valence-corrected chi connectivity index (χ1v) is 6.77. The third kappa shape index (κ3) is 5.69. The predicted molar refractivity (Wildman–Crippen MR) is 70.7 cm³/mol. The molecule has 0 aromatic rings. The van der Waals surface area contributed by atoms with Crippen molar-refractivity contribution in [3.8, 4) is 0 Å². The van der Waals surface area contributed by atoms with E-state index >= 15 is 0 Å². The summed E-state index contributed by atoms with van der Waals surface area (Å²) in [5.41, 5.74) is 0. The lowest BCUT2D eigenvalue weighted by Gasteiger charge is -2.25. The van der Waals surface area contributed by atoms with Crippen LogP contribution in [0.15, 0.2) is 0 Å². The molecule has 5 nitrogen and oxygen atoms in total. The van der Waals surface area contributed by atoms with Gasteiger partial charge in [-0.3, -0.25) is 0 Å². The summed E-state index contributed by atoms with van der Waals surface area (Å²) >= 11 is 0. The van der Waals surface area contributed by atoms with Gasteiger partial charge < -0.3 is 19.7 Å². The molecule has 1 amide bonds. The molecule has 1 atom stereocenters. The Balaban J connectivity index is 2.39. The lowest BCUT2D eigenvalue weighted by Crippen LogP contribution is -2.43. The van der Waals surface area contributed by atoms with Crippen molar-refractivity contribution in [3.63, 3.8) is 0 Å². The number of amides is 1. The van der Waals surface area contributed by atoms with Crippen molar-refractivity contribution in [2.24, 2.45) is 5.92 Å². The lowest BCUT2D eigenvalue weighted by molar-refractivity contribution is 0.0764. The van der Waals surface area contributed by atoms with Gasteiger partial charge in [0.05, 0.1) is 13.2 Å². The number of nitrogens with one attached hydrogen (secondary N) is 1. The van der Waals surface area contributed by atoms with Crippen LogP contribution in [0.4, 0.5) is 4.79 Å². The van der Waals surface area contributed by atoms with Crippen LogP contribution in [0.5, 0.6) is 0 Å². The fraction of sp³-hybridized carbons (Fsp3) is 0.923. The summed E-state index contributed by atoms with van der Waals surface area (Å²) in [7, 11) is 1.64. The molecule has 0 spiro atoms. The normalized spacial score (nSPS) is 19.2. The monoisotopic (exact) mass is 258 g/mol. The molecule has 0 bridgehead atoms. The first kappa shape index (κ1) is 15.2. The number of carbonyl (C=O) groups is 1. The third-order valence-corrected chi connectivity index (χ3v) is 2.97. The summed E-state index contributed by atoms with van der Waals surface area (Å²) in [6.45, 7) is 7.43. The number of carbonyl (C=O) groups excluding carboxylic acids is 1. The van der Waals surface area contributed by atoms with E-state index in [1.807, 2.05) is 13.8 Å². The third-order valence-electron chi connectivity index (χ3n) is 2.97. The van der Waals surface area contributed by atoms with Crippen molar-refractivity contribution in [3.05, 3.63) is 0 Å². The van der Waals surface area contributed by atoms with Crippen LogP contribution in [0.3, 0.4) is 0 Å². The largest absolute Gasteiger partial charge is 0.449 e. The van der Waals surface area contributed by atoms with Crippen LogP contribution < -0.4 is 5.32 Å². The second-order valence-corrected chi connectivity index (χ2v) is 5.20. The first-order chi connectivity index (χ1) is 8.63. The van der Waals surface area contributed by atoms with E-state index in [0.29, 0.717) is 38.3 Å². The summed E-state index contributed by atoms with van der Waals surface area (Å²) in [5, 5.41) is 3.39. The maximum atomic E-state index is 12.0. The van der Waals surface area contributed by atoms with Crippen LogP contribution in [0.2, 0.25) is 0 Å². The summed E-state index contributed by atoms with van der Waals surface area (Å²) in [6.07, 6.45) is 2.08. The Morgan fingerprint density at radius 3 is 2.83 bits per heavy atom. The molecular formula is C13H26N2O3. The highest BCUT2D eigenvalue weighted by atomic mass is 16.6. The van der Waals surface area contributed by atoms with Crippen molar-refractivity contribution < 1.29 is 14.3 Å². The summed E-state index contributed by atoms with van der Waals surface area (Å²) in [4.78, 5) is 13.7. The van der Waals surface area contributed by atoms with Gasteiger partial charge in [0.25, 0.3) is 0 Å². The minimum atomic E-state index is -0.227. The van der Waals surface area contributed by atoms with Crippen molar-refractivity contribution in [1.82, 2.24) is 10.2 Å². The zero-order chi connectivity index (χ0) is 13.4. The van der Waals surface area contributed by atoms with E-state index in [4.69, 9.17) is 9.47 Å². The second kappa shape index (κ2) is 8.32. The van der Waals surface area contributed by atoms with Crippen LogP contribution in [0.1, 0.15) is 26.7 Å². The quantitative estimate of drug-likeness (QED) is 0.751. The van der Waals surface area contributed by atoms with Gasteiger partial charge in [-0.1, -0.05) is 13.8 Å². The van der Waals surface area contributed by atoms with Crippen molar-refractivity contribution in [2.45, 2.75) is 32.7 Å². The van der Waals surface area contributed by atoms with E-state index in [2.05, 4.69) is 5.32 Å². The topological polar surface area (TPSA) is 50.8 Å². The van der Waals surface area contributed by atoms with E-state index in [1.54, 1.807) is 12.0 Å². The molecule has 0 aromatic heterocycles. The Bertz CT molecular complexity index is 240. The molecule has 0 aliphatic carbocycles. The number of rotatable bonds is 7. The predicted octanol–water partition coefficient (Wildman–Crippen LogP) is 1.48. The Morgan fingerprint density at radius 2 is 2.28 bits per heavy atom. The Morgan fingerprint density at radius 1 is 1.50 bits per heavy atom.